The fourth-order valence-corrected chi connectivity index (χ4v) is 4.04. The molecule has 0 radical (unpaired) electrons. The van der Waals surface area contributed by atoms with Gasteiger partial charge in [-0.3, -0.25) is 14.2 Å². The molecule has 178 valence electrons. The van der Waals surface area contributed by atoms with Crippen molar-refractivity contribution < 1.29 is 14.3 Å². The molecule has 2 N–H and O–H groups in total. The molecule has 0 bridgehead atoms. The van der Waals surface area contributed by atoms with Gasteiger partial charge in [-0.15, -0.1) is 0 Å². The van der Waals surface area contributed by atoms with E-state index in [4.69, 9.17) is 28.6 Å². The van der Waals surface area contributed by atoms with Crippen molar-refractivity contribution in [2.45, 2.75) is 13.0 Å². The number of aromatic amines is 1. The number of esters is 1. The number of fused-ring (bicyclic) bond motifs is 1. The number of nitrogens with zero attached hydrogens (tertiary/aromatic N) is 1. The van der Waals surface area contributed by atoms with E-state index in [0.717, 1.165) is 11.1 Å². The maximum Gasteiger partial charge on any atom is 0.337 e. The van der Waals surface area contributed by atoms with Gasteiger partial charge in [0.1, 0.15) is 0 Å². The van der Waals surface area contributed by atoms with Gasteiger partial charge in [-0.25, -0.2) is 4.79 Å². The highest BCUT2D eigenvalue weighted by molar-refractivity contribution is 7.71. The molecule has 0 unspecified atom stereocenters. The van der Waals surface area contributed by atoms with E-state index in [9.17, 15) is 14.4 Å². The molecule has 0 saturated heterocycles. The summed E-state index contributed by atoms with van der Waals surface area (Å²) < 4.78 is 6.40. The summed E-state index contributed by atoms with van der Waals surface area (Å²) >= 11 is 11.3. The van der Waals surface area contributed by atoms with Crippen LogP contribution in [-0.2, 0) is 17.7 Å². The third kappa shape index (κ3) is 5.67. The van der Waals surface area contributed by atoms with E-state index in [1.54, 1.807) is 36.4 Å². The van der Waals surface area contributed by atoms with Gasteiger partial charge in [0.25, 0.3) is 11.5 Å². The highest BCUT2D eigenvalue weighted by Gasteiger charge is 2.11. The van der Waals surface area contributed by atoms with Gasteiger partial charge < -0.3 is 15.0 Å². The topological polar surface area (TPSA) is 93.2 Å². The zero-order valence-corrected chi connectivity index (χ0v) is 20.4. The lowest BCUT2D eigenvalue weighted by atomic mass is 10.1. The number of carbonyl (C=O) groups excluding carboxylic acids is 2. The second-order valence-corrected chi connectivity index (χ2v) is 8.73. The molecular weight excluding hydrogens is 486 g/mol. The molecule has 0 fully saturated rings. The van der Waals surface area contributed by atoms with E-state index >= 15 is 0 Å². The maximum atomic E-state index is 13.0. The van der Waals surface area contributed by atoms with Crippen LogP contribution < -0.4 is 10.9 Å². The van der Waals surface area contributed by atoms with Crippen molar-refractivity contribution in [3.8, 4) is 0 Å². The number of halogens is 1. The third-order valence-corrected chi connectivity index (χ3v) is 6.15. The molecule has 1 aromatic heterocycles. The summed E-state index contributed by atoms with van der Waals surface area (Å²) in [4.78, 5) is 40.3. The SMILES string of the molecule is COC(=O)c1ccc2c(=O)n(Cc3ccc(C(=O)NCCc4ccc(Cl)cc4)cc3)c(=S)[nH]c2c1. The van der Waals surface area contributed by atoms with Gasteiger partial charge in [-0.05, 0) is 72.2 Å². The van der Waals surface area contributed by atoms with Gasteiger partial charge in [0.2, 0.25) is 0 Å². The normalized spacial score (nSPS) is 10.8. The van der Waals surface area contributed by atoms with Gasteiger partial charge in [0.15, 0.2) is 4.77 Å². The summed E-state index contributed by atoms with van der Waals surface area (Å²) in [5, 5.41) is 3.99. The van der Waals surface area contributed by atoms with Crippen LogP contribution in [0.4, 0.5) is 0 Å². The van der Waals surface area contributed by atoms with Crippen LogP contribution in [-0.4, -0.2) is 35.1 Å². The molecule has 7 nitrogen and oxygen atoms in total. The van der Waals surface area contributed by atoms with Crippen molar-refractivity contribution in [2.24, 2.45) is 0 Å². The van der Waals surface area contributed by atoms with Gasteiger partial charge >= 0.3 is 5.97 Å². The maximum absolute atomic E-state index is 13.0. The van der Waals surface area contributed by atoms with Crippen molar-refractivity contribution in [2.75, 3.05) is 13.7 Å². The smallest absolute Gasteiger partial charge is 0.337 e. The van der Waals surface area contributed by atoms with Crippen molar-refractivity contribution in [3.63, 3.8) is 0 Å². The molecule has 0 saturated carbocycles. The van der Waals surface area contributed by atoms with Gasteiger partial charge in [-0.1, -0.05) is 35.9 Å². The van der Waals surface area contributed by atoms with Crippen molar-refractivity contribution in [1.82, 2.24) is 14.9 Å². The Labute approximate surface area is 211 Å². The first kappa shape index (κ1) is 24.4. The number of carbonyl (C=O) groups is 2. The molecule has 0 spiro atoms. The first-order valence-corrected chi connectivity index (χ1v) is 11.6. The molecule has 1 amide bonds. The van der Waals surface area contributed by atoms with Crippen LogP contribution in [0.5, 0.6) is 0 Å². The lowest BCUT2D eigenvalue weighted by Crippen LogP contribution is -2.26. The molecule has 0 aliphatic heterocycles. The van der Waals surface area contributed by atoms with Crippen LogP contribution >= 0.6 is 23.8 Å². The van der Waals surface area contributed by atoms with E-state index in [1.807, 2.05) is 24.3 Å². The fraction of sp³-hybridized carbons (Fsp3) is 0.154. The molecule has 35 heavy (non-hydrogen) atoms. The Hall–Kier alpha value is -3.75. The van der Waals surface area contributed by atoms with E-state index in [-0.39, 0.29) is 22.8 Å². The molecule has 9 heteroatoms. The molecule has 1 heterocycles. The number of amides is 1. The summed E-state index contributed by atoms with van der Waals surface area (Å²) in [7, 11) is 1.29. The highest BCUT2D eigenvalue weighted by atomic mass is 35.5. The first-order chi connectivity index (χ1) is 16.9. The third-order valence-electron chi connectivity index (χ3n) is 5.57. The van der Waals surface area contributed by atoms with E-state index in [2.05, 4.69) is 10.3 Å². The first-order valence-electron chi connectivity index (χ1n) is 10.8. The Bertz CT molecular complexity index is 1510. The van der Waals surface area contributed by atoms with Crippen LogP contribution in [0.1, 0.15) is 31.8 Å². The molecular formula is C26H22ClN3O4S. The molecule has 0 atom stereocenters. The Kier molecular flexibility index (Phi) is 7.43. The summed E-state index contributed by atoms with van der Waals surface area (Å²) in [6.45, 7) is 0.739. The van der Waals surface area contributed by atoms with Crippen LogP contribution in [0.15, 0.2) is 71.5 Å². The van der Waals surface area contributed by atoms with Gasteiger partial charge in [0, 0.05) is 17.1 Å². The second-order valence-electron chi connectivity index (χ2n) is 7.90. The molecule has 0 aliphatic carbocycles. The van der Waals surface area contributed by atoms with Crippen molar-refractivity contribution in [3.05, 3.63) is 109 Å². The number of ether oxygens (including phenoxy) is 1. The Balaban J connectivity index is 1.45. The lowest BCUT2D eigenvalue weighted by molar-refractivity contribution is 0.0600. The standard InChI is InChI=1S/C26H22ClN3O4S/c1-34-25(33)19-8-11-21-22(14-19)29-26(35)30(24(21)32)15-17-2-6-18(7-3-17)23(31)28-13-12-16-4-9-20(27)10-5-16/h2-11,14H,12-13,15H2,1H3,(H,28,31)(H,29,35). The number of nitrogens with one attached hydrogen (secondary N) is 2. The van der Waals surface area contributed by atoms with E-state index < -0.39 is 5.97 Å². The van der Waals surface area contributed by atoms with Crippen LogP contribution in [0.25, 0.3) is 10.9 Å². The zero-order valence-electron chi connectivity index (χ0n) is 18.8. The molecule has 4 rings (SSSR count). The second kappa shape index (κ2) is 10.7. The molecule has 4 aromatic rings. The van der Waals surface area contributed by atoms with Crippen LogP contribution in [0, 0.1) is 4.77 Å². The van der Waals surface area contributed by atoms with Crippen LogP contribution in [0.2, 0.25) is 5.02 Å². The Morgan fingerprint density at radius 1 is 1.00 bits per heavy atom. The minimum atomic E-state index is -0.496. The van der Waals surface area contributed by atoms with Crippen molar-refractivity contribution >= 4 is 46.6 Å². The minimum Gasteiger partial charge on any atom is -0.465 e. The largest absolute Gasteiger partial charge is 0.465 e. The summed E-state index contributed by atoms with van der Waals surface area (Å²) in [5.41, 5.74) is 2.94. The number of H-pyrrole nitrogens is 1. The van der Waals surface area contributed by atoms with Gasteiger partial charge in [0.05, 0.1) is 30.1 Å². The average molecular weight is 508 g/mol. The zero-order chi connectivity index (χ0) is 24.9. The highest BCUT2D eigenvalue weighted by Crippen LogP contribution is 2.13. The number of rotatable bonds is 7. The number of hydrogen-bond acceptors (Lipinski definition) is 5. The van der Waals surface area contributed by atoms with Crippen molar-refractivity contribution in [1.29, 1.82) is 0 Å². The summed E-state index contributed by atoms with van der Waals surface area (Å²) in [5.74, 6) is -0.670. The van der Waals surface area contributed by atoms with Crippen LogP contribution in [0.3, 0.4) is 0 Å². The number of hydrogen-bond donors (Lipinski definition) is 2. The summed E-state index contributed by atoms with van der Waals surface area (Å²) in [6, 6.07) is 19.2. The number of aromatic nitrogens is 2. The van der Waals surface area contributed by atoms with E-state index in [1.165, 1.54) is 17.7 Å². The molecule has 0 aliphatic rings. The van der Waals surface area contributed by atoms with E-state index in [0.29, 0.717) is 40.0 Å². The predicted molar refractivity (Wildman–Crippen MR) is 138 cm³/mol. The predicted octanol–water partition coefficient (Wildman–Crippen LogP) is 4.52. The fourth-order valence-electron chi connectivity index (χ4n) is 3.66. The lowest BCUT2D eigenvalue weighted by Gasteiger charge is -2.10. The average Bonchev–Trinajstić information content (AvgIpc) is 2.87. The monoisotopic (exact) mass is 507 g/mol. The van der Waals surface area contributed by atoms with Gasteiger partial charge in [-0.2, -0.15) is 0 Å². The molecule has 3 aromatic carbocycles. The Morgan fingerprint density at radius 2 is 1.66 bits per heavy atom. The number of benzene rings is 3. The Morgan fingerprint density at radius 3 is 2.34 bits per heavy atom. The minimum absolute atomic E-state index is 0.174. The number of methoxy groups -OCH3 is 1. The summed E-state index contributed by atoms with van der Waals surface area (Å²) in [6.07, 6.45) is 0.700. The quantitative estimate of drug-likeness (QED) is 0.283.